The van der Waals surface area contributed by atoms with Gasteiger partial charge in [-0.05, 0) is 25.7 Å². The lowest BCUT2D eigenvalue weighted by Gasteiger charge is -2.27. The number of nitrogens with one attached hydrogen (secondary N) is 2. The molecule has 1 aliphatic carbocycles. The summed E-state index contributed by atoms with van der Waals surface area (Å²) >= 11 is 0. The van der Waals surface area contributed by atoms with Gasteiger partial charge in [-0.3, -0.25) is 14.3 Å². The molecule has 0 atom stereocenters. The van der Waals surface area contributed by atoms with Crippen LogP contribution in [-0.4, -0.2) is 26.8 Å². The molecule has 7 heteroatoms. The Hall–Kier alpha value is -1.76. The van der Waals surface area contributed by atoms with Crippen molar-refractivity contribution in [3.05, 3.63) is 20.8 Å². The molecule has 0 amide bonds. The number of anilines is 2. The van der Waals surface area contributed by atoms with Crippen LogP contribution in [0, 0.1) is 0 Å². The van der Waals surface area contributed by atoms with Crippen molar-refractivity contribution in [2.75, 3.05) is 11.1 Å². The molecule has 1 saturated carbocycles. The van der Waals surface area contributed by atoms with E-state index in [9.17, 15) is 14.7 Å². The van der Waals surface area contributed by atoms with Crippen LogP contribution in [0.2, 0.25) is 0 Å². The van der Waals surface area contributed by atoms with Gasteiger partial charge in [0, 0.05) is 13.1 Å². The summed E-state index contributed by atoms with van der Waals surface area (Å²) in [7, 11) is 1.50. The van der Waals surface area contributed by atoms with Crippen molar-refractivity contribution in [1.82, 2.24) is 9.55 Å². The summed E-state index contributed by atoms with van der Waals surface area (Å²) in [4.78, 5) is 25.2. The van der Waals surface area contributed by atoms with E-state index in [-0.39, 0.29) is 23.7 Å². The maximum Gasteiger partial charge on any atom is 0.329 e. The molecule has 0 spiro atoms. The van der Waals surface area contributed by atoms with Crippen molar-refractivity contribution in [1.29, 1.82) is 0 Å². The van der Waals surface area contributed by atoms with Crippen LogP contribution >= 0.6 is 0 Å². The monoisotopic (exact) mass is 254 g/mol. The standard InChI is InChI=1S/C11H18N4O3/c1-15-9(12)8(10(17)14-11(15)18)13-6-2-4-7(16)5-3-6/h6-7,13,16H,2-5,12H2,1H3,(H,14,17,18). The number of nitrogens with zero attached hydrogens (tertiary/aromatic N) is 1. The number of hydrogen-bond acceptors (Lipinski definition) is 5. The first-order valence-corrected chi connectivity index (χ1v) is 6.02. The second-order valence-electron chi connectivity index (χ2n) is 4.73. The van der Waals surface area contributed by atoms with Crippen molar-refractivity contribution in [3.8, 4) is 0 Å². The van der Waals surface area contributed by atoms with Gasteiger partial charge in [-0.25, -0.2) is 4.79 Å². The molecule has 0 aliphatic heterocycles. The van der Waals surface area contributed by atoms with Crippen molar-refractivity contribution in [2.45, 2.75) is 37.8 Å². The number of aliphatic hydroxyl groups excluding tert-OH is 1. The van der Waals surface area contributed by atoms with Crippen LogP contribution in [-0.2, 0) is 7.05 Å². The smallest absolute Gasteiger partial charge is 0.329 e. The van der Waals surface area contributed by atoms with Gasteiger partial charge in [0.05, 0.1) is 6.10 Å². The fourth-order valence-corrected chi connectivity index (χ4v) is 2.20. The summed E-state index contributed by atoms with van der Waals surface area (Å²) < 4.78 is 1.20. The van der Waals surface area contributed by atoms with Gasteiger partial charge >= 0.3 is 5.69 Å². The van der Waals surface area contributed by atoms with E-state index in [1.54, 1.807) is 0 Å². The highest BCUT2D eigenvalue weighted by molar-refractivity contribution is 5.60. The summed E-state index contributed by atoms with van der Waals surface area (Å²) in [5.74, 6) is 0.134. The third-order valence-electron chi connectivity index (χ3n) is 3.41. The molecule has 2 rings (SSSR count). The highest BCUT2D eigenvalue weighted by Gasteiger charge is 2.21. The second kappa shape index (κ2) is 4.85. The SMILES string of the molecule is Cn1c(N)c(NC2CCC(O)CC2)c(=O)[nH]c1=O. The third-order valence-corrected chi connectivity index (χ3v) is 3.41. The fraction of sp³-hybridized carbons (Fsp3) is 0.636. The van der Waals surface area contributed by atoms with Crippen molar-refractivity contribution >= 4 is 11.5 Å². The summed E-state index contributed by atoms with van der Waals surface area (Å²) in [6.07, 6.45) is 2.73. The Kier molecular flexibility index (Phi) is 3.42. The first kappa shape index (κ1) is 12.7. The zero-order chi connectivity index (χ0) is 13.3. The topological polar surface area (TPSA) is 113 Å². The summed E-state index contributed by atoms with van der Waals surface area (Å²) in [5.41, 5.74) is 4.97. The van der Waals surface area contributed by atoms with E-state index in [1.165, 1.54) is 11.6 Å². The van der Waals surface area contributed by atoms with E-state index in [2.05, 4.69) is 10.3 Å². The van der Waals surface area contributed by atoms with Gasteiger partial charge in [0.2, 0.25) is 0 Å². The summed E-state index contributed by atoms with van der Waals surface area (Å²) in [5, 5.41) is 12.5. The Labute approximate surface area is 104 Å². The maximum absolute atomic E-state index is 11.7. The molecule has 0 aromatic carbocycles. The predicted octanol–water partition coefficient (Wildman–Crippen LogP) is -0.629. The second-order valence-corrected chi connectivity index (χ2v) is 4.73. The molecule has 0 unspecified atom stereocenters. The van der Waals surface area contributed by atoms with Crippen molar-refractivity contribution in [3.63, 3.8) is 0 Å². The number of aromatic nitrogens is 2. The van der Waals surface area contributed by atoms with Crippen molar-refractivity contribution < 1.29 is 5.11 Å². The Morgan fingerprint density at radius 1 is 1.33 bits per heavy atom. The van der Waals surface area contributed by atoms with Gasteiger partial charge in [0.1, 0.15) is 11.5 Å². The molecule has 1 aromatic rings. The average Bonchev–Trinajstić information content (AvgIpc) is 2.34. The number of aromatic amines is 1. The van der Waals surface area contributed by atoms with Crippen LogP contribution in [0.25, 0.3) is 0 Å². The highest BCUT2D eigenvalue weighted by atomic mass is 16.3. The number of nitrogen functional groups attached to an aromatic ring is 1. The Bertz CT molecular complexity index is 540. The van der Waals surface area contributed by atoms with E-state index in [0.29, 0.717) is 12.8 Å². The van der Waals surface area contributed by atoms with Crippen LogP contribution in [0.1, 0.15) is 25.7 Å². The quantitative estimate of drug-likeness (QED) is 0.561. The normalized spacial score (nSPS) is 23.9. The minimum atomic E-state index is -0.526. The minimum absolute atomic E-state index is 0.106. The molecular weight excluding hydrogens is 236 g/mol. The molecule has 100 valence electrons. The minimum Gasteiger partial charge on any atom is -0.393 e. The molecule has 1 heterocycles. The third kappa shape index (κ3) is 2.40. The van der Waals surface area contributed by atoms with E-state index in [4.69, 9.17) is 5.73 Å². The lowest BCUT2D eigenvalue weighted by Crippen LogP contribution is -2.36. The number of hydrogen-bond donors (Lipinski definition) is 4. The molecule has 1 aromatic heterocycles. The van der Waals surface area contributed by atoms with E-state index in [1.807, 2.05) is 0 Å². The van der Waals surface area contributed by atoms with E-state index in [0.717, 1.165) is 12.8 Å². The fourth-order valence-electron chi connectivity index (χ4n) is 2.20. The van der Waals surface area contributed by atoms with Crippen LogP contribution in [0.3, 0.4) is 0 Å². The van der Waals surface area contributed by atoms with Crippen LogP contribution in [0.15, 0.2) is 9.59 Å². The molecule has 18 heavy (non-hydrogen) atoms. The van der Waals surface area contributed by atoms with Gasteiger partial charge in [0.25, 0.3) is 5.56 Å². The van der Waals surface area contributed by atoms with Crippen LogP contribution in [0.4, 0.5) is 11.5 Å². The van der Waals surface area contributed by atoms with E-state index < -0.39 is 11.2 Å². The zero-order valence-corrected chi connectivity index (χ0v) is 10.3. The molecule has 0 saturated heterocycles. The summed E-state index contributed by atoms with van der Waals surface area (Å²) in [6, 6.07) is 0.106. The van der Waals surface area contributed by atoms with Crippen LogP contribution < -0.4 is 22.3 Å². The summed E-state index contributed by atoms with van der Waals surface area (Å²) in [6.45, 7) is 0. The van der Waals surface area contributed by atoms with Gasteiger partial charge in [-0.2, -0.15) is 0 Å². The first-order chi connectivity index (χ1) is 8.49. The molecule has 1 fully saturated rings. The number of H-pyrrole nitrogens is 1. The Morgan fingerprint density at radius 3 is 2.56 bits per heavy atom. The number of nitrogens with two attached hydrogens (primary N) is 1. The van der Waals surface area contributed by atoms with Crippen LogP contribution in [0.5, 0.6) is 0 Å². The predicted molar refractivity (Wildman–Crippen MR) is 68.6 cm³/mol. The van der Waals surface area contributed by atoms with Crippen molar-refractivity contribution in [2.24, 2.45) is 7.05 Å². The lowest BCUT2D eigenvalue weighted by atomic mass is 9.93. The van der Waals surface area contributed by atoms with Gasteiger partial charge in [-0.15, -0.1) is 0 Å². The molecular formula is C11H18N4O3. The van der Waals surface area contributed by atoms with E-state index >= 15 is 0 Å². The van der Waals surface area contributed by atoms with Gasteiger partial charge < -0.3 is 16.2 Å². The Balaban J connectivity index is 2.22. The molecule has 1 aliphatic rings. The first-order valence-electron chi connectivity index (χ1n) is 6.02. The van der Waals surface area contributed by atoms with Gasteiger partial charge in [0.15, 0.2) is 0 Å². The molecule has 5 N–H and O–H groups in total. The molecule has 7 nitrogen and oxygen atoms in total. The largest absolute Gasteiger partial charge is 0.393 e. The highest BCUT2D eigenvalue weighted by Crippen LogP contribution is 2.22. The zero-order valence-electron chi connectivity index (χ0n) is 10.3. The molecule has 0 bridgehead atoms. The van der Waals surface area contributed by atoms with Gasteiger partial charge in [-0.1, -0.05) is 0 Å². The number of rotatable bonds is 2. The maximum atomic E-state index is 11.7. The number of aliphatic hydroxyl groups is 1. The Morgan fingerprint density at radius 2 is 1.94 bits per heavy atom. The average molecular weight is 254 g/mol. The lowest BCUT2D eigenvalue weighted by molar-refractivity contribution is 0.126. The molecule has 0 radical (unpaired) electrons.